The predicted octanol–water partition coefficient (Wildman–Crippen LogP) is 1.12. The molecule has 18 heavy (non-hydrogen) atoms. The number of hydrogen-bond acceptors (Lipinski definition) is 5. The average molecular weight is 249 g/mol. The molecule has 1 aromatic rings. The van der Waals surface area contributed by atoms with Crippen LogP contribution in [0.3, 0.4) is 0 Å². The number of nitrogens with one attached hydrogen (secondary N) is 1. The minimum absolute atomic E-state index is 0.550. The summed E-state index contributed by atoms with van der Waals surface area (Å²) in [5, 5.41) is 3.28. The predicted molar refractivity (Wildman–Crippen MR) is 75.3 cm³/mol. The number of hydrogen-bond donors (Lipinski definition) is 1. The summed E-state index contributed by atoms with van der Waals surface area (Å²) in [5.41, 5.74) is 0. The summed E-state index contributed by atoms with van der Waals surface area (Å²) >= 11 is 0. The number of piperidine rings is 1. The second kappa shape index (κ2) is 6.00. The third kappa shape index (κ3) is 2.90. The van der Waals surface area contributed by atoms with Gasteiger partial charge in [-0.2, -0.15) is 4.98 Å². The maximum Gasteiger partial charge on any atom is 0.226 e. The van der Waals surface area contributed by atoms with Gasteiger partial charge in [-0.15, -0.1) is 0 Å². The van der Waals surface area contributed by atoms with Gasteiger partial charge in [-0.05, 0) is 32.4 Å². The topological polar surface area (TPSA) is 44.3 Å². The lowest BCUT2D eigenvalue weighted by atomic mass is 10.0. The van der Waals surface area contributed by atoms with E-state index < -0.39 is 0 Å². The van der Waals surface area contributed by atoms with Gasteiger partial charge < -0.3 is 15.1 Å². The maximum absolute atomic E-state index is 4.64. The third-order valence-electron chi connectivity index (χ3n) is 3.39. The van der Waals surface area contributed by atoms with Crippen LogP contribution in [0.1, 0.15) is 19.3 Å². The Hall–Kier alpha value is -1.36. The molecule has 100 valence electrons. The first-order valence-corrected chi connectivity index (χ1v) is 6.64. The van der Waals surface area contributed by atoms with Crippen molar-refractivity contribution in [2.75, 3.05) is 44.0 Å². The third-order valence-corrected chi connectivity index (χ3v) is 3.39. The Morgan fingerprint density at radius 1 is 1.44 bits per heavy atom. The molecule has 0 bridgehead atoms. The van der Waals surface area contributed by atoms with Gasteiger partial charge in [0.2, 0.25) is 5.95 Å². The average Bonchev–Trinajstić information content (AvgIpc) is 2.40. The maximum atomic E-state index is 4.64. The highest BCUT2D eigenvalue weighted by molar-refractivity contribution is 5.44. The van der Waals surface area contributed by atoms with Crippen LogP contribution in [-0.4, -0.2) is 50.2 Å². The van der Waals surface area contributed by atoms with Gasteiger partial charge in [-0.1, -0.05) is 0 Å². The fourth-order valence-electron chi connectivity index (χ4n) is 2.46. The lowest BCUT2D eigenvalue weighted by Crippen LogP contribution is -2.45. The number of anilines is 2. The van der Waals surface area contributed by atoms with Crippen molar-refractivity contribution in [2.24, 2.45) is 0 Å². The van der Waals surface area contributed by atoms with Gasteiger partial charge in [0.1, 0.15) is 5.82 Å². The van der Waals surface area contributed by atoms with Crippen molar-refractivity contribution in [1.82, 2.24) is 15.3 Å². The zero-order chi connectivity index (χ0) is 13.0. The molecule has 2 rings (SSSR count). The quantitative estimate of drug-likeness (QED) is 0.866. The van der Waals surface area contributed by atoms with Gasteiger partial charge in [-0.3, -0.25) is 0 Å². The van der Waals surface area contributed by atoms with E-state index >= 15 is 0 Å². The smallest absolute Gasteiger partial charge is 0.226 e. The molecule has 0 amide bonds. The second-order valence-electron chi connectivity index (χ2n) is 5.01. The fourth-order valence-corrected chi connectivity index (χ4v) is 2.46. The van der Waals surface area contributed by atoms with Crippen molar-refractivity contribution in [3.05, 3.63) is 12.3 Å². The van der Waals surface area contributed by atoms with Crippen LogP contribution in [0, 0.1) is 0 Å². The van der Waals surface area contributed by atoms with Crippen LogP contribution in [-0.2, 0) is 0 Å². The minimum Gasteiger partial charge on any atom is -0.352 e. The summed E-state index contributed by atoms with van der Waals surface area (Å²) in [4.78, 5) is 13.3. The number of nitrogens with zero attached hydrogens (tertiary/aromatic N) is 4. The van der Waals surface area contributed by atoms with E-state index in [-0.39, 0.29) is 0 Å². The SMILES string of the molecule is CNCC1CCCCN1c1ccnc(N(C)C)n1. The molecule has 0 aliphatic carbocycles. The van der Waals surface area contributed by atoms with E-state index in [1.165, 1.54) is 19.3 Å². The molecule has 1 N–H and O–H groups in total. The molecule has 1 aliphatic rings. The molecule has 1 atom stereocenters. The summed E-state index contributed by atoms with van der Waals surface area (Å²) in [7, 11) is 5.96. The summed E-state index contributed by atoms with van der Waals surface area (Å²) in [5.74, 6) is 1.83. The standard InChI is InChI=1S/C13H23N5/c1-14-10-11-6-4-5-9-18(11)12-7-8-15-13(16-12)17(2)3/h7-8,11,14H,4-6,9-10H2,1-3H3. The van der Waals surface area contributed by atoms with Gasteiger partial charge >= 0.3 is 0 Å². The minimum atomic E-state index is 0.550. The molecular weight excluding hydrogens is 226 g/mol. The van der Waals surface area contributed by atoms with Crippen LogP contribution < -0.4 is 15.1 Å². The van der Waals surface area contributed by atoms with E-state index in [1.807, 2.05) is 38.3 Å². The van der Waals surface area contributed by atoms with Crippen LogP contribution in [0.15, 0.2) is 12.3 Å². The van der Waals surface area contributed by atoms with Crippen LogP contribution in [0.25, 0.3) is 0 Å². The normalized spacial score (nSPS) is 19.9. The molecule has 0 aromatic carbocycles. The van der Waals surface area contributed by atoms with E-state index in [0.717, 1.165) is 24.9 Å². The van der Waals surface area contributed by atoms with E-state index in [1.54, 1.807) is 0 Å². The Labute approximate surface area is 109 Å². The first kappa shape index (κ1) is 13.1. The van der Waals surface area contributed by atoms with Crippen LogP contribution in [0.2, 0.25) is 0 Å². The monoisotopic (exact) mass is 249 g/mol. The highest BCUT2D eigenvalue weighted by Crippen LogP contribution is 2.23. The van der Waals surface area contributed by atoms with Crippen molar-refractivity contribution in [1.29, 1.82) is 0 Å². The molecule has 1 saturated heterocycles. The molecule has 0 spiro atoms. The van der Waals surface area contributed by atoms with Crippen molar-refractivity contribution in [2.45, 2.75) is 25.3 Å². The first-order valence-electron chi connectivity index (χ1n) is 6.64. The number of rotatable bonds is 4. The number of likely N-dealkylation sites (N-methyl/N-ethyl adjacent to an activating group) is 1. The molecular formula is C13H23N5. The lowest BCUT2D eigenvalue weighted by molar-refractivity contribution is 0.443. The molecule has 0 radical (unpaired) electrons. The second-order valence-corrected chi connectivity index (χ2v) is 5.01. The Morgan fingerprint density at radius 3 is 3.00 bits per heavy atom. The summed E-state index contributed by atoms with van der Waals surface area (Å²) in [6.45, 7) is 2.11. The Balaban J connectivity index is 2.19. The van der Waals surface area contributed by atoms with Crippen LogP contribution >= 0.6 is 0 Å². The highest BCUT2D eigenvalue weighted by atomic mass is 15.3. The summed E-state index contributed by atoms with van der Waals surface area (Å²) < 4.78 is 0. The zero-order valence-corrected chi connectivity index (χ0v) is 11.6. The fraction of sp³-hybridized carbons (Fsp3) is 0.692. The first-order chi connectivity index (χ1) is 8.72. The largest absolute Gasteiger partial charge is 0.352 e. The Bertz CT molecular complexity index is 377. The van der Waals surface area contributed by atoms with Gasteiger partial charge in [-0.25, -0.2) is 4.98 Å². The van der Waals surface area contributed by atoms with Crippen LogP contribution in [0.5, 0.6) is 0 Å². The van der Waals surface area contributed by atoms with E-state index in [9.17, 15) is 0 Å². The molecule has 1 aliphatic heterocycles. The molecule has 5 nitrogen and oxygen atoms in total. The van der Waals surface area contributed by atoms with Crippen molar-refractivity contribution >= 4 is 11.8 Å². The number of aromatic nitrogens is 2. The lowest BCUT2D eigenvalue weighted by Gasteiger charge is -2.36. The van der Waals surface area contributed by atoms with Gasteiger partial charge in [0, 0.05) is 39.4 Å². The van der Waals surface area contributed by atoms with Gasteiger partial charge in [0.05, 0.1) is 0 Å². The Morgan fingerprint density at radius 2 is 2.28 bits per heavy atom. The van der Waals surface area contributed by atoms with Gasteiger partial charge in [0.15, 0.2) is 0 Å². The molecule has 1 fully saturated rings. The van der Waals surface area contributed by atoms with Crippen molar-refractivity contribution < 1.29 is 0 Å². The van der Waals surface area contributed by atoms with Crippen molar-refractivity contribution in [3.63, 3.8) is 0 Å². The Kier molecular flexibility index (Phi) is 4.36. The van der Waals surface area contributed by atoms with Gasteiger partial charge in [0.25, 0.3) is 0 Å². The van der Waals surface area contributed by atoms with Crippen molar-refractivity contribution in [3.8, 4) is 0 Å². The molecule has 2 heterocycles. The molecule has 1 aromatic heterocycles. The molecule has 5 heteroatoms. The summed E-state index contributed by atoms with van der Waals surface area (Å²) in [6, 6.07) is 2.56. The van der Waals surface area contributed by atoms with E-state index in [4.69, 9.17) is 0 Å². The van der Waals surface area contributed by atoms with Crippen LogP contribution in [0.4, 0.5) is 11.8 Å². The zero-order valence-electron chi connectivity index (χ0n) is 11.6. The summed E-state index contributed by atoms with van der Waals surface area (Å²) in [6.07, 6.45) is 5.65. The van der Waals surface area contributed by atoms with E-state index in [0.29, 0.717) is 6.04 Å². The molecule has 1 unspecified atom stereocenters. The molecule has 0 saturated carbocycles. The van der Waals surface area contributed by atoms with E-state index in [2.05, 4.69) is 20.2 Å². The highest BCUT2D eigenvalue weighted by Gasteiger charge is 2.23.